The molecule has 0 aromatic heterocycles. The van der Waals surface area contributed by atoms with Crippen LogP contribution in [-0.4, -0.2) is 30.8 Å². The molecule has 0 aliphatic heterocycles. The van der Waals surface area contributed by atoms with Gasteiger partial charge in [-0.15, -0.1) is 0 Å². The second kappa shape index (κ2) is 8.15. The molecule has 0 amide bonds. The first-order chi connectivity index (χ1) is 9.81. The van der Waals surface area contributed by atoms with Gasteiger partial charge in [0.05, 0.1) is 19.6 Å². The second-order valence-electron chi connectivity index (χ2n) is 6.57. The molecule has 1 atom stereocenters. The standard InChI is InChI=1S/C17H27NO3/c1-17(2,3)10-15(19)12-18-11-14-8-6-5-7-13(14)9-16(20)21-4/h5-8,15,18-19H,9-12H2,1-4H3. The van der Waals surface area contributed by atoms with Crippen LogP contribution in [0.25, 0.3) is 0 Å². The number of carbonyl (C=O) groups excluding carboxylic acids is 1. The molecule has 118 valence electrons. The first kappa shape index (κ1) is 17.7. The lowest BCUT2D eigenvalue weighted by molar-refractivity contribution is -0.139. The third-order valence-corrected chi connectivity index (χ3v) is 3.22. The van der Waals surface area contributed by atoms with Crippen LogP contribution >= 0.6 is 0 Å². The molecule has 1 rings (SSSR count). The van der Waals surface area contributed by atoms with Crippen molar-refractivity contribution in [3.05, 3.63) is 35.4 Å². The topological polar surface area (TPSA) is 58.6 Å². The first-order valence-electron chi connectivity index (χ1n) is 7.34. The van der Waals surface area contributed by atoms with E-state index in [1.807, 2.05) is 24.3 Å². The summed E-state index contributed by atoms with van der Waals surface area (Å²) in [6.07, 6.45) is 0.667. The van der Waals surface area contributed by atoms with Crippen molar-refractivity contribution in [3.8, 4) is 0 Å². The summed E-state index contributed by atoms with van der Waals surface area (Å²) < 4.78 is 4.71. The molecule has 0 fully saturated rings. The molecule has 21 heavy (non-hydrogen) atoms. The van der Waals surface area contributed by atoms with E-state index in [1.165, 1.54) is 7.11 Å². The number of hydrogen-bond donors (Lipinski definition) is 2. The van der Waals surface area contributed by atoms with Crippen molar-refractivity contribution in [2.24, 2.45) is 5.41 Å². The fraction of sp³-hybridized carbons (Fsp3) is 0.588. The number of carbonyl (C=O) groups is 1. The van der Waals surface area contributed by atoms with Crippen molar-refractivity contribution in [1.82, 2.24) is 5.32 Å². The highest BCUT2D eigenvalue weighted by Crippen LogP contribution is 2.20. The highest BCUT2D eigenvalue weighted by atomic mass is 16.5. The van der Waals surface area contributed by atoms with Gasteiger partial charge in [-0.1, -0.05) is 45.0 Å². The van der Waals surface area contributed by atoms with Crippen molar-refractivity contribution in [2.45, 2.75) is 46.3 Å². The van der Waals surface area contributed by atoms with Gasteiger partial charge in [0.2, 0.25) is 0 Å². The Balaban J connectivity index is 2.50. The van der Waals surface area contributed by atoms with Gasteiger partial charge in [-0.05, 0) is 23.0 Å². The Morgan fingerprint density at radius 2 is 1.90 bits per heavy atom. The summed E-state index contributed by atoms with van der Waals surface area (Å²) in [5, 5.41) is 13.2. The summed E-state index contributed by atoms with van der Waals surface area (Å²) in [4.78, 5) is 11.4. The van der Waals surface area contributed by atoms with Gasteiger partial charge in [-0.25, -0.2) is 0 Å². The predicted molar refractivity (Wildman–Crippen MR) is 83.9 cm³/mol. The molecule has 0 bridgehead atoms. The van der Waals surface area contributed by atoms with Crippen molar-refractivity contribution in [2.75, 3.05) is 13.7 Å². The molecule has 2 N–H and O–H groups in total. The van der Waals surface area contributed by atoms with Gasteiger partial charge < -0.3 is 15.2 Å². The number of rotatable bonds is 7. The lowest BCUT2D eigenvalue weighted by Gasteiger charge is -2.22. The van der Waals surface area contributed by atoms with Gasteiger partial charge in [-0.3, -0.25) is 4.79 Å². The normalized spacial score (nSPS) is 13.0. The summed E-state index contributed by atoms with van der Waals surface area (Å²) in [7, 11) is 1.39. The number of methoxy groups -OCH3 is 1. The number of benzene rings is 1. The van der Waals surface area contributed by atoms with Crippen LogP contribution in [-0.2, 0) is 22.5 Å². The molecule has 1 unspecified atom stereocenters. The zero-order valence-corrected chi connectivity index (χ0v) is 13.5. The third-order valence-electron chi connectivity index (χ3n) is 3.22. The summed E-state index contributed by atoms with van der Waals surface area (Å²) in [6.45, 7) is 7.52. The number of aliphatic hydroxyl groups is 1. The van der Waals surface area contributed by atoms with E-state index in [4.69, 9.17) is 4.74 Å². The first-order valence-corrected chi connectivity index (χ1v) is 7.34. The van der Waals surface area contributed by atoms with Crippen LogP contribution in [0, 0.1) is 5.41 Å². The Morgan fingerprint density at radius 3 is 2.48 bits per heavy atom. The number of aliphatic hydroxyl groups excluding tert-OH is 1. The lowest BCUT2D eigenvalue weighted by atomic mass is 9.89. The van der Waals surface area contributed by atoms with Crippen molar-refractivity contribution in [1.29, 1.82) is 0 Å². The van der Waals surface area contributed by atoms with Gasteiger partial charge in [-0.2, -0.15) is 0 Å². The molecular weight excluding hydrogens is 266 g/mol. The molecule has 0 aliphatic carbocycles. The monoisotopic (exact) mass is 293 g/mol. The molecule has 0 radical (unpaired) electrons. The Bertz CT molecular complexity index is 452. The van der Waals surface area contributed by atoms with E-state index in [0.717, 1.165) is 17.5 Å². The Kier molecular flexibility index (Phi) is 6.85. The fourth-order valence-corrected chi connectivity index (χ4v) is 2.28. The maximum Gasteiger partial charge on any atom is 0.309 e. The van der Waals surface area contributed by atoms with E-state index in [9.17, 15) is 9.90 Å². The summed E-state index contributed by atoms with van der Waals surface area (Å²) in [5.41, 5.74) is 2.14. The Morgan fingerprint density at radius 1 is 1.29 bits per heavy atom. The molecule has 0 saturated carbocycles. The quantitative estimate of drug-likeness (QED) is 0.757. The molecule has 4 nitrogen and oxygen atoms in total. The highest BCUT2D eigenvalue weighted by Gasteiger charge is 2.16. The summed E-state index contributed by atoms with van der Waals surface area (Å²) in [6, 6.07) is 7.78. The molecule has 0 heterocycles. The van der Waals surface area contributed by atoms with Crippen molar-refractivity contribution >= 4 is 5.97 Å². The van der Waals surface area contributed by atoms with Gasteiger partial charge in [0, 0.05) is 13.1 Å². The van der Waals surface area contributed by atoms with E-state index in [2.05, 4.69) is 26.1 Å². The van der Waals surface area contributed by atoms with E-state index in [0.29, 0.717) is 13.1 Å². The highest BCUT2D eigenvalue weighted by molar-refractivity contribution is 5.72. The number of nitrogens with one attached hydrogen (secondary N) is 1. The summed E-state index contributed by atoms with van der Waals surface area (Å²) >= 11 is 0. The molecule has 0 saturated heterocycles. The molecule has 1 aromatic rings. The van der Waals surface area contributed by atoms with Gasteiger partial charge in [0.1, 0.15) is 0 Å². The number of hydrogen-bond acceptors (Lipinski definition) is 4. The van der Waals surface area contributed by atoms with Crippen LogP contribution in [0.3, 0.4) is 0 Å². The van der Waals surface area contributed by atoms with Crippen LogP contribution in [0.15, 0.2) is 24.3 Å². The van der Waals surface area contributed by atoms with Crippen molar-refractivity contribution in [3.63, 3.8) is 0 Å². The smallest absolute Gasteiger partial charge is 0.309 e. The van der Waals surface area contributed by atoms with E-state index < -0.39 is 0 Å². The maximum atomic E-state index is 11.4. The fourth-order valence-electron chi connectivity index (χ4n) is 2.28. The second-order valence-corrected chi connectivity index (χ2v) is 6.57. The van der Waals surface area contributed by atoms with E-state index in [1.54, 1.807) is 0 Å². The van der Waals surface area contributed by atoms with Crippen LogP contribution in [0.1, 0.15) is 38.3 Å². The molecule has 0 spiro atoms. The van der Waals surface area contributed by atoms with Gasteiger partial charge in [0.25, 0.3) is 0 Å². The zero-order valence-electron chi connectivity index (χ0n) is 13.5. The summed E-state index contributed by atoms with van der Waals surface area (Å²) in [5.74, 6) is -0.241. The van der Waals surface area contributed by atoms with E-state index in [-0.39, 0.29) is 23.9 Å². The minimum Gasteiger partial charge on any atom is -0.469 e. The molecule has 1 aromatic carbocycles. The van der Waals surface area contributed by atoms with Crippen LogP contribution in [0.4, 0.5) is 0 Å². The van der Waals surface area contributed by atoms with E-state index >= 15 is 0 Å². The number of ether oxygens (including phenoxy) is 1. The van der Waals surface area contributed by atoms with Crippen LogP contribution < -0.4 is 5.32 Å². The predicted octanol–water partition coefficient (Wildman–Crippen LogP) is 2.29. The number of esters is 1. The SMILES string of the molecule is COC(=O)Cc1ccccc1CNCC(O)CC(C)(C)C. The molecule has 4 heteroatoms. The maximum absolute atomic E-state index is 11.4. The van der Waals surface area contributed by atoms with Gasteiger partial charge in [0.15, 0.2) is 0 Å². The zero-order chi connectivity index (χ0) is 15.9. The van der Waals surface area contributed by atoms with Crippen LogP contribution in [0.2, 0.25) is 0 Å². The average Bonchev–Trinajstić information content (AvgIpc) is 2.38. The van der Waals surface area contributed by atoms with Crippen molar-refractivity contribution < 1.29 is 14.6 Å². The third kappa shape index (κ3) is 7.25. The largest absolute Gasteiger partial charge is 0.469 e. The van der Waals surface area contributed by atoms with Gasteiger partial charge >= 0.3 is 5.97 Å². The molecule has 0 aliphatic rings. The minimum atomic E-state index is -0.363. The Hall–Kier alpha value is -1.39. The van der Waals surface area contributed by atoms with Crippen LogP contribution in [0.5, 0.6) is 0 Å². The average molecular weight is 293 g/mol. The molecular formula is C17H27NO3. The Labute approximate surface area is 127 Å². The minimum absolute atomic E-state index is 0.115. The lowest BCUT2D eigenvalue weighted by Crippen LogP contribution is -2.30.